The summed E-state index contributed by atoms with van der Waals surface area (Å²) in [7, 11) is 0. The lowest BCUT2D eigenvalue weighted by Gasteiger charge is -1.97. The second kappa shape index (κ2) is 9.13. The van der Waals surface area contributed by atoms with Gasteiger partial charge in [0.05, 0.1) is 0 Å². The number of hydrogen-bond acceptors (Lipinski definition) is 2. The normalized spacial score (nSPS) is 12.7. The summed E-state index contributed by atoms with van der Waals surface area (Å²) in [6.45, 7) is 5.83. The van der Waals surface area contributed by atoms with Crippen molar-refractivity contribution in [3.8, 4) is 0 Å². The topological polar surface area (TPSA) is 43.1 Å². The van der Waals surface area contributed by atoms with Gasteiger partial charge in [0.2, 0.25) is 6.04 Å². The maximum atomic E-state index is 10.3. The molecule has 0 aromatic carbocycles. The van der Waals surface area contributed by atoms with Gasteiger partial charge in [-0.2, -0.15) is 0 Å². The highest BCUT2D eigenvalue weighted by molar-refractivity contribution is 4.92. The average molecular weight is 225 g/mol. The van der Waals surface area contributed by atoms with E-state index in [9.17, 15) is 10.1 Å². The van der Waals surface area contributed by atoms with Gasteiger partial charge in [-0.1, -0.05) is 24.1 Å². The molecule has 3 heteroatoms. The molecule has 0 bridgehead atoms. The van der Waals surface area contributed by atoms with Crippen molar-refractivity contribution < 1.29 is 4.92 Å². The van der Waals surface area contributed by atoms with Crippen molar-refractivity contribution in [2.24, 2.45) is 0 Å². The second-order valence-electron chi connectivity index (χ2n) is 4.37. The van der Waals surface area contributed by atoms with E-state index in [1.54, 1.807) is 13.0 Å². The Balaban J connectivity index is 3.40. The number of unbranched alkanes of at least 4 members (excludes halogenated alkanes) is 4. The van der Waals surface area contributed by atoms with Gasteiger partial charge in [0.25, 0.3) is 0 Å². The van der Waals surface area contributed by atoms with Crippen LogP contribution >= 0.6 is 0 Å². The molecule has 3 nitrogen and oxygen atoms in total. The van der Waals surface area contributed by atoms with Crippen molar-refractivity contribution in [1.29, 1.82) is 0 Å². The predicted octanol–water partition coefficient (Wildman–Crippen LogP) is 4.12. The Morgan fingerprint density at radius 1 is 1.25 bits per heavy atom. The maximum absolute atomic E-state index is 10.3. The molecule has 0 saturated heterocycles. The molecule has 0 fully saturated rings. The fourth-order valence-electron chi connectivity index (χ4n) is 1.34. The van der Waals surface area contributed by atoms with Crippen LogP contribution < -0.4 is 0 Å². The molecule has 0 aliphatic carbocycles. The van der Waals surface area contributed by atoms with Crippen molar-refractivity contribution in [2.75, 3.05) is 0 Å². The zero-order valence-corrected chi connectivity index (χ0v) is 10.6. The summed E-state index contributed by atoms with van der Waals surface area (Å²) in [5, 5.41) is 10.3. The molecule has 16 heavy (non-hydrogen) atoms. The van der Waals surface area contributed by atoms with Crippen LogP contribution in [0.4, 0.5) is 0 Å². The van der Waals surface area contributed by atoms with Crippen LogP contribution in [0.2, 0.25) is 0 Å². The van der Waals surface area contributed by atoms with Crippen LogP contribution in [-0.4, -0.2) is 11.0 Å². The van der Waals surface area contributed by atoms with Gasteiger partial charge >= 0.3 is 0 Å². The van der Waals surface area contributed by atoms with E-state index in [0.29, 0.717) is 0 Å². The lowest BCUT2D eigenvalue weighted by molar-refractivity contribution is -0.504. The molecule has 0 aliphatic rings. The quantitative estimate of drug-likeness (QED) is 0.270. The van der Waals surface area contributed by atoms with Crippen LogP contribution in [0.3, 0.4) is 0 Å². The summed E-state index contributed by atoms with van der Waals surface area (Å²) >= 11 is 0. The van der Waals surface area contributed by atoms with Crippen LogP contribution in [0.5, 0.6) is 0 Å². The Morgan fingerprint density at radius 3 is 2.44 bits per heavy atom. The molecule has 92 valence electrons. The number of hydrogen-bond donors (Lipinski definition) is 0. The fraction of sp³-hybridized carbons (Fsp3) is 0.692. The minimum absolute atomic E-state index is 0.273. The van der Waals surface area contributed by atoms with Gasteiger partial charge in [-0.15, -0.1) is 0 Å². The highest BCUT2D eigenvalue weighted by atomic mass is 16.6. The van der Waals surface area contributed by atoms with E-state index in [1.807, 2.05) is 6.08 Å². The molecule has 1 unspecified atom stereocenters. The molecule has 0 amide bonds. The number of nitrogens with zero attached hydrogens (tertiary/aromatic N) is 1. The van der Waals surface area contributed by atoms with Crippen LogP contribution in [0, 0.1) is 10.1 Å². The third kappa shape index (κ3) is 9.44. The minimum atomic E-state index is -0.550. The lowest BCUT2D eigenvalue weighted by Crippen LogP contribution is -2.10. The fourth-order valence-corrected chi connectivity index (χ4v) is 1.34. The summed E-state index contributed by atoms with van der Waals surface area (Å²) < 4.78 is 0. The van der Waals surface area contributed by atoms with Crippen LogP contribution in [0.25, 0.3) is 0 Å². The first-order valence-corrected chi connectivity index (χ1v) is 5.97. The third-order valence-corrected chi connectivity index (χ3v) is 2.37. The van der Waals surface area contributed by atoms with E-state index in [0.717, 1.165) is 19.3 Å². The summed E-state index contributed by atoms with van der Waals surface area (Å²) in [4.78, 5) is 10.0. The molecule has 1 atom stereocenters. The molecule has 0 aromatic rings. The Morgan fingerprint density at radius 2 is 1.88 bits per heavy atom. The van der Waals surface area contributed by atoms with E-state index >= 15 is 0 Å². The molecule has 0 radical (unpaired) electrons. The Kier molecular flexibility index (Phi) is 8.49. The van der Waals surface area contributed by atoms with E-state index in [2.05, 4.69) is 19.9 Å². The Hall–Kier alpha value is -1.12. The zero-order valence-electron chi connectivity index (χ0n) is 10.6. The molecule has 0 spiro atoms. The van der Waals surface area contributed by atoms with E-state index in [-0.39, 0.29) is 4.92 Å². The molecule has 0 aromatic heterocycles. The molecule has 0 rings (SSSR count). The summed E-state index contributed by atoms with van der Waals surface area (Å²) in [5.74, 6) is 0. The van der Waals surface area contributed by atoms with E-state index < -0.39 is 6.04 Å². The van der Waals surface area contributed by atoms with Crippen molar-refractivity contribution >= 4 is 0 Å². The van der Waals surface area contributed by atoms with Gasteiger partial charge in [-0.05, 0) is 45.6 Å². The van der Waals surface area contributed by atoms with Crippen LogP contribution in [-0.2, 0) is 0 Å². The SMILES string of the molecule is CC(C)=CCCCCC/C=C/C(C)[N+](=O)[O-]. The summed E-state index contributed by atoms with van der Waals surface area (Å²) in [6.07, 6.45) is 11.5. The van der Waals surface area contributed by atoms with E-state index in [4.69, 9.17) is 0 Å². The molecule has 0 aliphatic heterocycles. The smallest absolute Gasteiger partial charge is 0.228 e. The minimum Gasteiger partial charge on any atom is -0.264 e. The summed E-state index contributed by atoms with van der Waals surface area (Å²) in [6, 6.07) is -0.550. The van der Waals surface area contributed by atoms with Gasteiger partial charge in [-0.25, -0.2) is 0 Å². The van der Waals surface area contributed by atoms with Crippen molar-refractivity contribution in [2.45, 2.75) is 58.9 Å². The van der Waals surface area contributed by atoms with Crippen molar-refractivity contribution in [3.63, 3.8) is 0 Å². The number of nitro groups is 1. The summed E-state index contributed by atoms with van der Waals surface area (Å²) in [5.41, 5.74) is 1.37. The van der Waals surface area contributed by atoms with Crippen molar-refractivity contribution in [3.05, 3.63) is 33.9 Å². The predicted molar refractivity (Wildman–Crippen MR) is 68.1 cm³/mol. The average Bonchev–Trinajstić information content (AvgIpc) is 2.21. The van der Waals surface area contributed by atoms with E-state index in [1.165, 1.54) is 18.4 Å². The van der Waals surface area contributed by atoms with Gasteiger partial charge in [0.1, 0.15) is 0 Å². The largest absolute Gasteiger partial charge is 0.264 e. The maximum Gasteiger partial charge on any atom is 0.228 e. The molecule has 0 heterocycles. The molecule has 0 saturated carbocycles. The number of allylic oxidation sites excluding steroid dienone is 3. The zero-order chi connectivity index (χ0) is 12.4. The Bertz CT molecular complexity index is 253. The number of rotatable bonds is 8. The van der Waals surface area contributed by atoms with Crippen molar-refractivity contribution in [1.82, 2.24) is 0 Å². The highest BCUT2D eigenvalue weighted by Crippen LogP contribution is 2.06. The Labute approximate surface area is 98.4 Å². The van der Waals surface area contributed by atoms with Crippen LogP contribution in [0.15, 0.2) is 23.8 Å². The molecule has 0 N–H and O–H groups in total. The van der Waals surface area contributed by atoms with Gasteiger partial charge in [0.15, 0.2) is 0 Å². The van der Waals surface area contributed by atoms with Gasteiger partial charge in [-0.3, -0.25) is 10.1 Å². The standard InChI is InChI=1S/C13H23NO2/c1-12(2)10-8-6-4-5-7-9-11-13(3)14(15)16/h9-11,13H,4-8H2,1-3H3/b11-9+. The first-order valence-electron chi connectivity index (χ1n) is 5.97. The second-order valence-corrected chi connectivity index (χ2v) is 4.37. The third-order valence-electron chi connectivity index (χ3n) is 2.37. The lowest BCUT2D eigenvalue weighted by atomic mass is 10.1. The first-order chi connectivity index (χ1) is 7.54. The monoisotopic (exact) mass is 225 g/mol. The van der Waals surface area contributed by atoms with Gasteiger partial charge < -0.3 is 0 Å². The first kappa shape index (κ1) is 14.9. The molecular formula is C13H23NO2. The van der Waals surface area contributed by atoms with Gasteiger partial charge in [0, 0.05) is 11.8 Å². The molecular weight excluding hydrogens is 202 g/mol. The van der Waals surface area contributed by atoms with Crippen LogP contribution in [0.1, 0.15) is 52.9 Å². The highest BCUT2D eigenvalue weighted by Gasteiger charge is 2.05.